The van der Waals surface area contributed by atoms with Gasteiger partial charge in [0.25, 0.3) is 0 Å². The van der Waals surface area contributed by atoms with Gasteiger partial charge >= 0.3 is 0 Å². The van der Waals surface area contributed by atoms with Gasteiger partial charge in [-0.2, -0.15) is 0 Å². The second-order valence-electron chi connectivity index (χ2n) is 5.25. The molecule has 0 amide bonds. The summed E-state index contributed by atoms with van der Waals surface area (Å²) < 4.78 is 2.15. The highest BCUT2D eigenvalue weighted by atomic mass is 16.1. The molecule has 3 rings (SSSR count). The number of aromatic nitrogens is 2. The molecule has 1 N–H and O–H groups in total. The van der Waals surface area contributed by atoms with Gasteiger partial charge in [-0.15, -0.1) is 0 Å². The number of nitrogens with zero attached hydrogens (tertiary/aromatic N) is 2. The van der Waals surface area contributed by atoms with Crippen LogP contribution >= 0.6 is 0 Å². The Morgan fingerprint density at radius 3 is 2.68 bits per heavy atom. The maximum absolute atomic E-state index is 11.9. The standard InChI is InChI=1S/C18H19N3O/c22-18(15-7-2-1-3-8-15)13-19-11-6-12-21-14-20-16-9-4-5-10-17(16)21/h1-5,7-10,14,19H,6,11-13H2. The first-order chi connectivity index (χ1) is 10.8. The molecule has 0 radical (unpaired) electrons. The molecule has 4 nitrogen and oxygen atoms in total. The van der Waals surface area contributed by atoms with Crippen LogP contribution in [0.15, 0.2) is 60.9 Å². The first-order valence-corrected chi connectivity index (χ1v) is 7.53. The van der Waals surface area contributed by atoms with Crippen molar-refractivity contribution in [3.8, 4) is 0 Å². The number of hydrogen-bond donors (Lipinski definition) is 1. The number of imidazole rings is 1. The minimum Gasteiger partial charge on any atom is -0.331 e. The zero-order valence-electron chi connectivity index (χ0n) is 12.4. The molecule has 0 saturated carbocycles. The summed E-state index contributed by atoms with van der Waals surface area (Å²) in [5.41, 5.74) is 2.94. The number of carbonyl (C=O) groups excluding carboxylic acids is 1. The molecule has 0 aliphatic rings. The van der Waals surface area contributed by atoms with Crippen molar-refractivity contribution in [2.24, 2.45) is 0 Å². The summed E-state index contributed by atoms with van der Waals surface area (Å²) in [5, 5.41) is 3.21. The third-order valence-electron chi connectivity index (χ3n) is 3.66. The third-order valence-corrected chi connectivity index (χ3v) is 3.66. The lowest BCUT2D eigenvalue weighted by molar-refractivity contribution is 0.0991. The van der Waals surface area contributed by atoms with Crippen molar-refractivity contribution in [2.75, 3.05) is 13.1 Å². The number of rotatable bonds is 7. The van der Waals surface area contributed by atoms with Crippen LogP contribution in [0.3, 0.4) is 0 Å². The summed E-state index contributed by atoms with van der Waals surface area (Å²) in [7, 11) is 0. The highest BCUT2D eigenvalue weighted by molar-refractivity contribution is 5.97. The first kappa shape index (κ1) is 14.5. The van der Waals surface area contributed by atoms with Gasteiger partial charge in [0.1, 0.15) is 0 Å². The fourth-order valence-electron chi connectivity index (χ4n) is 2.49. The summed E-state index contributed by atoms with van der Waals surface area (Å²) in [6.45, 7) is 2.09. The van der Waals surface area contributed by atoms with Gasteiger partial charge < -0.3 is 9.88 Å². The summed E-state index contributed by atoms with van der Waals surface area (Å²) in [6.07, 6.45) is 2.84. The average molecular weight is 293 g/mol. The fourth-order valence-corrected chi connectivity index (χ4v) is 2.49. The Bertz CT molecular complexity index is 749. The van der Waals surface area contributed by atoms with E-state index in [1.165, 1.54) is 0 Å². The van der Waals surface area contributed by atoms with Crippen molar-refractivity contribution < 1.29 is 4.79 Å². The molecule has 0 aliphatic heterocycles. The van der Waals surface area contributed by atoms with Crippen LogP contribution in [0.2, 0.25) is 0 Å². The molecule has 112 valence electrons. The number of para-hydroxylation sites is 2. The Morgan fingerprint density at radius 2 is 1.82 bits per heavy atom. The minimum absolute atomic E-state index is 0.133. The lowest BCUT2D eigenvalue weighted by atomic mass is 10.1. The van der Waals surface area contributed by atoms with Gasteiger partial charge in [0.2, 0.25) is 0 Å². The van der Waals surface area contributed by atoms with Crippen LogP contribution in [0.25, 0.3) is 11.0 Å². The molecular weight excluding hydrogens is 274 g/mol. The second kappa shape index (κ2) is 7.00. The van der Waals surface area contributed by atoms with E-state index in [1.54, 1.807) is 0 Å². The van der Waals surface area contributed by atoms with Crippen molar-refractivity contribution in [3.05, 3.63) is 66.5 Å². The van der Waals surface area contributed by atoms with E-state index in [9.17, 15) is 4.79 Å². The molecule has 4 heteroatoms. The molecule has 0 bridgehead atoms. The van der Waals surface area contributed by atoms with E-state index in [2.05, 4.69) is 20.9 Å². The molecule has 1 aromatic heterocycles. The monoisotopic (exact) mass is 293 g/mol. The molecule has 2 aromatic carbocycles. The summed E-state index contributed by atoms with van der Waals surface area (Å²) in [5.74, 6) is 0.133. The Morgan fingerprint density at radius 1 is 1.05 bits per heavy atom. The number of ketones is 1. The number of fused-ring (bicyclic) bond motifs is 1. The van der Waals surface area contributed by atoms with Gasteiger partial charge in [-0.1, -0.05) is 42.5 Å². The van der Waals surface area contributed by atoms with Crippen LogP contribution in [0, 0.1) is 0 Å². The van der Waals surface area contributed by atoms with Crippen LogP contribution in [-0.4, -0.2) is 28.4 Å². The molecule has 0 unspecified atom stereocenters. The average Bonchev–Trinajstić information content (AvgIpc) is 2.98. The topological polar surface area (TPSA) is 46.9 Å². The van der Waals surface area contributed by atoms with Crippen LogP contribution in [-0.2, 0) is 6.54 Å². The zero-order valence-corrected chi connectivity index (χ0v) is 12.4. The number of aryl methyl sites for hydroxylation is 1. The Kier molecular flexibility index (Phi) is 4.61. The largest absolute Gasteiger partial charge is 0.331 e. The lowest BCUT2D eigenvalue weighted by Gasteiger charge is -2.06. The Labute approximate surface area is 129 Å². The Balaban J connectivity index is 1.43. The van der Waals surface area contributed by atoms with Crippen molar-refractivity contribution in [1.82, 2.24) is 14.9 Å². The highest BCUT2D eigenvalue weighted by Gasteiger charge is 2.04. The number of benzene rings is 2. The number of nitrogens with one attached hydrogen (secondary N) is 1. The normalized spacial score (nSPS) is 10.9. The van der Waals surface area contributed by atoms with Crippen molar-refractivity contribution in [2.45, 2.75) is 13.0 Å². The minimum atomic E-state index is 0.133. The zero-order chi connectivity index (χ0) is 15.2. The van der Waals surface area contributed by atoms with E-state index in [1.807, 2.05) is 54.9 Å². The quantitative estimate of drug-likeness (QED) is 0.538. The smallest absolute Gasteiger partial charge is 0.176 e. The SMILES string of the molecule is O=C(CNCCCn1cnc2ccccc21)c1ccccc1. The number of Topliss-reactive ketones (excluding diaryl/α,β-unsaturated/α-hetero) is 1. The van der Waals surface area contributed by atoms with Gasteiger partial charge in [0.05, 0.1) is 23.9 Å². The molecule has 0 spiro atoms. The number of carbonyl (C=O) groups is 1. The highest BCUT2D eigenvalue weighted by Crippen LogP contribution is 2.11. The van der Waals surface area contributed by atoms with Crippen LogP contribution < -0.4 is 5.32 Å². The summed E-state index contributed by atoms with van der Waals surface area (Å²) in [6, 6.07) is 17.5. The van der Waals surface area contributed by atoms with Gasteiger partial charge in [-0.3, -0.25) is 4.79 Å². The van der Waals surface area contributed by atoms with Gasteiger partial charge in [0, 0.05) is 12.1 Å². The molecule has 0 fully saturated rings. The molecule has 0 atom stereocenters. The molecule has 3 aromatic rings. The van der Waals surface area contributed by atoms with E-state index in [-0.39, 0.29) is 5.78 Å². The molecule has 1 heterocycles. The Hall–Kier alpha value is -2.46. The maximum Gasteiger partial charge on any atom is 0.176 e. The fraction of sp³-hybridized carbons (Fsp3) is 0.222. The molecule has 0 saturated heterocycles. The number of hydrogen-bond acceptors (Lipinski definition) is 3. The summed E-state index contributed by atoms with van der Waals surface area (Å²) in [4.78, 5) is 16.3. The summed E-state index contributed by atoms with van der Waals surface area (Å²) >= 11 is 0. The first-order valence-electron chi connectivity index (χ1n) is 7.53. The lowest BCUT2D eigenvalue weighted by Crippen LogP contribution is -2.24. The van der Waals surface area contributed by atoms with E-state index in [0.29, 0.717) is 6.54 Å². The van der Waals surface area contributed by atoms with E-state index in [0.717, 1.165) is 36.1 Å². The van der Waals surface area contributed by atoms with Crippen LogP contribution in [0.4, 0.5) is 0 Å². The van der Waals surface area contributed by atoms with Gasteiger partial charge in [-0.05, 0) is 25.1 Å². The predicted molar refractivity (Wildman–Crippen MR) is 88.0 cm³/mol. The van der Waals surface area contributed by atoms with Crippen LogP contribution in [0.5, 0.6) is 0 Å². The van der Waals surface area contributed by atoms with Crippen molar-refractivity contribution >= 4 is 16.8 Å². The van der Waals surface area contributed by atoms with E-state index < -0.39 is 0 Å². The molecule has 22 heavy (non-hydrogen) atoms. The predicted octanol–water partition coefficient (Wildman–Crippen LogP) is 2.90. The third kappa shape index (κ3) is 3.40. The van der Waals surface area contributed by atoms with Crippen molar-refractivity contribution in [1.29, 1.82) is 0 Å². The van der Waals surface area contributed by atoms with Crippen LogP contribution in [0.1, 0.15) is 16.8 Å². The van der Waals surface area contributed by atoms with E-state index in [4.69, 9.17) is 0 Å². The second-order valence-corrected chi connectivity index (χ2v) is 5.25. The maximum atomic E-state index is 11.9. The van der Waals surface area contributed by atoms with Gasteiger partial charge in [0.15, 0.2) is 5.78 Å². The molecular formula is C18H19N3O. The van der Waals surface area contributed by atoms with E-state index >= 15 is 0 Å². The van der Waals surface area contributed by atoms with Crippen molar-refractivity contribution in [3.63, 3.8) is 0 Å². The van der Waals surface area contributed by atoms with Gasteiger partial charge in [-0.25, -0.2) is 4.98 Å². The molecule has 0 aliphatic carbocycles.